The smallest absolute Gasteiger partial charge is 0.475 e. The number of morpholine rings is 1. The van der Waals surface area contributed by atoms with E-state index in [1.165, 1.54) is 0 Å². The molecule has 0 unspecified atom stereocenters. The van der Waals surface area contributed by atoms with Crippen molar-refractivity contribution in [2.45, 2.75) is 50.8 Å². The van der Waals surface area contributed by atoms with Crippen molar-refractivity contribution in [3.63, 3.8) is 0 Å². The second-order valence-corrected chi connectivity index (χ2v) is 7.32. The van der Waals surface area contributed by atoms with Crippen molar-refractivity contribution >= 4 is 11.9 Å². The van der Waals surface area contributed by atoms with Gasteiger partial charge in [-0.15, -0.1) is 0 Å². The van der Waals surface area contributed by atoms with E-state index in [1.54, 1.807) is 25.4 Å². The van der Waals surface area contributed by atoms with Crippen molar-refractivity contribution < 1.29 is 41.9 Å². The number of fused-ring (bicyclic) bond motifs is 1. The summed E-state index contributed by atoms with van der Waals surface area (Å²) in [5.41, 5.74) is 1.39. The van der Waals surface area contributed by atoms with Gasteiger partial charge < -0.3 is 24.0 Å². The minimum Gasteiger partial charge on any atom is -0.475 e. The molecule has 2 aromatic heterocycles. The molecule has 174 valence electrons. The molecule has 0 bridgehead atoms. The summed E-state index contributed by atoms with van der Waals surface area (Å²) in [6.07, 6.45) is 0.0928. The van der Waals surface area contributed by atoms with Gasteiger partial charge in [-0.05, 0) is 31.4 Å². The Balaban J connectivity index is 0.000000360. The molecule has 32 heavy (non-hydrogen) atoms. The number of nitrogens with zero attached hydrogens (tertiary/aromatic N) is 3. The number of alkyl halides is 3. The molecule has 3 atom stereocenters. The van der Waals surface area contributed by atoms with Gasteiger partial charge in [0.15, 0.2) is 5.69 Å². The second kappa shape index (κ2) is 10.1. The van der Waals surface area contributed by atoms with Crippen LogP contribution < -0.4 is 0 Å². The van der Waals surface area contributed by atoms with Crippen molar-refractivity contribution in [1.29, 1.82) is 0 Å². The molecule has 2 aromatic rings. The third-order valence-electron chi connectivity index (χ3n) is 5.07. The third kappa shape index (κ3) is 5.82. The number of aryl methyl sites for hydroxylation is 1. The number of ether oxygens (including phenoxy) is 2. The first-order chi connectivity index (χ1) is 15.2. The summed E-state index contributed by atoms with van der Waals surface area (Å²) < 4.78 is 48.8. The number of carbonyl (C=O) groups excluding carboxylic acids is 1. The Labute approximate surface area is 181 Å². The maximum Gasteiger partial charge on any atom is 0.490 e. The summed E-state index contributed by atoms with van der Waals surface area (Å²) in [5, 5.41) is 11.0. The molecule has 4 rings (SSSR count). The lowest BCUT2D eigenvalue weighted by Crippen LogP contribution is -2.53. The minimum absolute atomic E-state index is 0.0140. The number of hydrogen-bond donors (Lipinski definition) is 1. The fourth-order valence-corrected chi connectivity index (χ4v) is 3.65. The van der Waals surface area contributed by atoms with Gasteiger partial charge in [0, 0.05) is 25.0 Å². The molecule has 2 aliphatic rings. The molecule has 1 saturated carbocycles. The molecule has 1 amide bonds. The number of hydrogen-bond acceptors (Lipinski definition) is 7. The topological polar surface area (TPSA) is 115 Å². The summed E-state index contributed by atoms with van der Waals surface area (Å²) in [6, 6.07) is 5.59. The van der Waals surface area contributed by atoms with Crippen LogP contribution in [0.2, 0.25) is 0 Å². The SMILES string of the molecule is Cc1cc(C(=O)N2CCO[C@H]3[C@@H](OCc4cccnc4)CC[C@@H]32)no1.O=C(O)C(F)(F)F. The van der Waals surface area contributed by atoms with E-state index in [4.69, 9.17) is 23.9 Å². The molecule has 2 fully saturated rings. The van der Waals surface area contributed by atoms with E-state index in [9.17, 15) is 18.0 Å². The highest BCUT2D eigenvalue weighted by Crippen LogP contribution is 2.33. The largest absolute Gasteiger partial charge is 0.490 e. The Hall–Kier alpha value is -2.99. The van der Waals surface area contributed by atoms with E-state index in [-0.39, 0.29) is 24.2 Å². The third-order valence-corrected chi connectivity index (χ3v) is 5.07. The number of carboxylic acids is 1. The van der Waals surface area contributed by atoms with Crippen LogP contribution in [0.3, 0.4) is 0 Å². The lowest BCUT2D eigenvalue weighted by atomic mass is 10.1. The highest BCUT2D eigenvalue weighted by Gasteiger charge is 2.45. The Morgan fingerprint density at radius 3 is 2.69 bits per heavy atom. The van der Waals surface area contributed by atoms with Gasteiger partial charge in [0.1, 0.15) is 11.9 Å². The van der Waals surface area contributed by atoms with Gasteiger partial charge >= 0.3 is 12.1 Å². The number of rotatable bonds is 4. The van der Waals surface area contributed by atoms with Crippen LogP contribution in [0.5, 0.6) is 0 Å². The number of carbonyl (C=O) groups is 2. The van der Waals surface area contributed by atoms with Crippen LogP contribution in [0.15, 0.2) is 35.1 Å². The molecule has 0 spiro atoms. The molecule has 1 N–H and O–H groups in total. The zero-order valence-electron chi connectivity index (χ0n) is 17.1. The summed E-state index contributed by atoms with van der Waals surface area (Å²) in [7, 11) is 0. The van der Waals surface area contributed by atoms with Gasteiger partial charge in [0.25, 0.3) is 5.91 Å². The van der Waals surface area contributed by atoms with Gasteiger partial charge in [-0.3, -0.25) is 9.78 Å². The lowest BCUT2D eigenvalue weighted by Gasteiger charge is -2.38. The van der Waals surface area contributed by atoms with Gasteiger partial charge in [0.05, 0.1) is 25.4 Å². The highest BCUT2D eigenvalue weighted by atomic mass is 19.4. The van der Waals surface area contributed by atoms with E-state index in [0.29, 0.717) is 31.2 Å². The normalized spacial score (nSPS) is 22.6. The number of pyridine rings is 1. The van der Waals surface area contributed by atoms with Gasteiger partial charge in [-0.2, -0.15) is 13.2 Å². The fraction of sp³-hybridized carbons (Fsp3) is 0.500. The Morgan fingerprint density at radius 1 is 1.34 bits per heavy atom. The first-order valence-electron chi connectivity index (χ1n) is 9.83. The van der Waals surface area contributed by atoms with Crippen LogP contribution >= 0.6 is 0 Å². The molecule has 0 radical (unpaired) electrons. The second-order valence-electron chi connectivity index (χ2n) is 7.32. The Bertz CT molecular complexity index is 921. The van der Waals surface area contributed by atoms with Crippen molar-refractivity contribution in [2.75, 3.05) is 13.2 Å². The molecule has 1 saturated heterocycles. The average molecular weight is 457 g/mol. The number of aliphatic carboxylic acids is 1. The monoisotopic (exact) mass is 457 g/mol. The summed E-state index contributed by atoms with van der Waals surface area (Å²) >= 11 is 0. The summed E-state index contributed by atoms with van der Waals surface area (Å²) in [5.74, 6) is -2.21. The molecule has 1 aliphatic heterocycles. The highest BCUT2D eigenvalue weighted by molar-refractivity contribution is 5.92. The Kier molecular flexibility index (Phi) is 7.46. The molecule has 9 nitrogen and oxygen atoms in total. The van der Waals surface area contributed by atoms with E-state index in [2.05, 4.69) is 10.1 Å². The molecule has 1 aliphatic carbocycles. The number of amides is 1. The van der Waals surface area contributed by atoms with Crippen molar-refractivity contribution in [1.82, 2.24) is 15.0 Å². The van der Waals surface area contributed by atoms with E-state index < -0.39 is 12.1 Å². The van der Waals surface area contributed by atoms with Crippen LogP contribution in [-0.2, 0) is 20.9 Å². The first kappa shape index (κ1) is 23.7. The Morgan fingerprint density at radius 2 is 2.09 bits per heavy atom. The summed E-state index contributed by atoms with van der Waals surface area (Å²) in [6.45, 7) is 3.36. The van der Waals surface area contributed by atoms with Crippen LogP contribution in [0.1, 0.15) is 34.7 Å². The zero-order valence-corrected chi connectivity index (χ0v) is 17.1. The van der Waals surface area contributed by atoms with Gasteiger partial charge in [-0.25, -0.2) is 4.79 Å². The predicted octanol–water partition coefficient (Wildman–Crippen LogP) is 2.60. The van der Waals surface area contributed by atoms with Crippen LogP contribution in [0, 0.1) is 6.92 Å². The quantitative estimate of drug-likeness (QED) is 0.745. The minimum atomic E-state index is -5.08. The maximum atomic E-state index is 12.7. The maximum absolute atomic E-state index is 12.7. The standard InChI is InChI=1S/C18H21N3O4.C2HF3O2/c1-12-9-14(20-25-12)18(22)21-7-8-23-17-15(21)4-5-16(17)24-11-13-3-2-6-19-10-13;3-2(4,5)1(6)7/h2-3,6,9-10,15-17H,4-5,7-8,11H2,1H3;(H,6,7)/t15-,16-,17+;/m0./s1. The molecular weight excluding hydrogens is 435 g/mol. The number of halogens is 3. The first-order valence-corrected chi connectivity index (χ1v) is 9.83. The molecular formula is C20H22F3N3O6. The van der Waals surface area contributed by atoms with E-state index in [0.717, 1.165) is 18.4 Å². The van der Waals surface area contributed by atoms with Crippen LogP contribution in [-0.4, -0.2) is 69.6 Å². The molecule has 0 aromatic carbocycles. The number of carboxylic acid groups (broad SMARTS) is 1. The lowest BCUT2D eigenvalue weighted by molar-refractivity contribution is -0.192. The zero-order chi connectivity index (χ0) is 23.3. The fourth-order valence-electron chi connectivity index (χ4n) is 3.65. The van der Waals surface area contributed by atoms with Gasteiger partial charge in [-0.1, -0.05) is 11.2 Å². The van der Waals surface area contributed by atoms with Crippen molar-refractivity contribution in [3.05, 3.63) is 47.6 Å². The summed E-state index contributed by atoms with van der Waals surface area (Å²) in [4.78, 5) is 27.6. The van der Waals surface area contributed by atoms with Crippen molar-refractivity contribution in [2.24, 2.45) is 0 Å². The van der Waals surface area contributed by atoms with Crippen molar-refractivity contribution in [3.8, 4) is 0 Å². The number of aromatic nitrogens is 2. The molecule has 3 heterocycles. The molecule has 12 heteroatoms. The average Bonchev–Trinajstić information content (AvgIpc) is 3.38. The van der Waals surface area contributed by atoms with E-state index >= 15 is 0 Å². The predicted molar refractivity (Wildman–Crippen MR) is 102 cm³/mol. The van der Waals surface area contributed by atoms with Crippen LogP contribution in [0.4, 0.5) is 13.2 Å². The van der Waals surface area contributed by atoms with Crippen LogP contribution in [0.25, 0.3) is 0 Å². The van der Waals surface area contributed by atoms with Gasteiger partial charge in [0.2, 0.25) is 0 Å². The van der Waals surface area contributed by atoms with E-state index in [1.807, 2.05) is 17.0 Å².